The lowest BCUT2D eigenvalue weighted by Crippen LogP contribution is -2.61. The lowest BCUT2D eigenvalue weighted by Gasteiger charge is -2.31. The number of hydrogen-bond donors (Lipinski definition) is 0. The normalized spacial score (nSPS) is 23.1. The minimum absolute atomic E-state index is 0.213. The largest absolute Gasteiger partial charge is 0.397 e. The molecule has 0 saturated carbocycles. The third-order valence-corrected chi connectivity index (χ3v) is 4.97. The molecule has 3 aliphatic rings. The molecule has 7 heteroatoms. The van der Waals surface area contributed by atoms with E-state index in [4.69, 9.17) is 0 Å². The van der Waals surface area contributed by atoms with Gasteiger partial charge in [0.1, 0.15) is 12.2 Å². The Morgan fingerprint density at radius 2 is 1.92 bits per heavy atom. The van der Waals surface area contributed by atoms with E-state index in [0.29, 0.717) is 12.4 Å². The van der Waals surface area contributed by atoms with Gasteiger partial charge in [-0.15, -0.1) is 0 Å². The van der Waals surface area contributed by atoms with Gasteiger partial charge in [0, 0.05) is 14.1 Å². The van der Waals surface area contributed by atoms with E-state index in [1.54, 1.807) is 7.05 Å². The summed E-state index contributed by atoms with van der Waals surface area (Å²) in [7, 11) is 3.19. The monoisotopic (exact) mass is 326 g/mol. The van der Waals surface area contributed by atoms with Crippen LogP contribution in [-0.2, 0) is 4.79 Å². The first-order chi connectivity index (χ1) is 11.4. The Hall–Kier alpha value is -2.70. The standard InChI is InChI=1S/C17H20N5O2/c1-10-5-6-11(2)12(9-10)21-7-8-22-13-14(18-16(21)22)19(3)17(24)20(4)15(13)23/h5-6,9,13H,7-8H2,1-4H3/q+1. The minimum atomic E-state index is -0.497. The van der Waals surface area contributed by atoms with Crippen LogP contribution in [-0.4, -0.2) is 71.3 Å². The molecule has 0 radical (unpaired) electrons. The molecule has 1 fully saturated rings. The van der Waals surface area contributed by atoms with Crippen molar-refractivity contribution in [3.8, 4) is 0 Å². The Morgan fingerprint density at radius 3 is 2.67 bits per heavy atom. The second kappa shape index (κ2) is 4.90. The zero-order valence-electron chi connectivity index (χ0n) is 14.3. The van der Waals surface area contributed by atoms with E-state index in [1.165, 1.54) is 22.4 Å². The first kappa shape index (κ1) is 14.9. The van der Waals surface area contributed by atoms with E-state index in [0.717, 1.165) is 23.8 Å². The van der Waals surface area contributed by atoms with Crippen molar-refractivity contribution in [3.63, 3.8) is 0 Å². The second-order valence-electron chi connectivity index (χ2n) is 6.55. The molecule has 0 bridgehead atoms. The number of carbonyl (C=O) groups is 2. The lowest BCUT2D eigenvalue weighted by molar-refractivity contribution is -0.525. The van der Waals surface area contributed by atoms with Crippen LogP contribution < -0.4 is 4.90 Å². The quantitative estimate of drug-likeness (QED) is 0.717. The van der Waals surface area contributed by atoms with Crippen LogP contribution in [0.5, 0.6) is 0 Å². The molecule has 0 N–H and O–H groups in total. The molecule has 0 aromatic heterocycles. The molecule has 1 aromatic carbocycles. The summed E-state index contributed by atoms with van der Waals surface area (Å²) in [6.45, 7) is 5.62. The Morgan fingerprint density at radius 1 is 1.17 bits per heavy atom. The number of urea groups is 1. The van der Waals surface area contributed by atoms with Crippen LogP contribution in [0.1, 0.15) is 11.1 Å². The van der Waals surface area contributed by atoms with Gasteiger partial charge in [-0.05, 0) is 31.0 Å². The summed E-state index contributed by atoms with van der Waals surface area (Å²) in [4.78, 5) is 34.2. The van der Waals surface area contributed by atoms with Gasteiger partial charge in [-0.2, -0.15) is 0 Å². The molecule has 0 aliphatic carbocycles. The molecule has 3 amide bonds. The van der Waals surface area contributed by atoms with Gasteiger partial charge < -0.3 is 0 Å². The summed E-state index contributed by atoms with van der Waals surface area (Å²) in [5, 5.41) is 0. The van der Waals surface area contributed by atoms with Crippen LogP contribution in [0.3, 0.4) is 0 Å². The number of aliphatic imine (C=N–C) groups is 1. The molecule has 124 valence electrons. The molecule has 3 aliphatic heterocycles. The van der Waals surface area contributed by atoms with Gasteiger partial charge in [0.15, 0.2) is 0 Å². The predicted molar refractivity (Wildman–Crippen MR) is 90.5 cm³/mol. The van der Waals surface area contributed by atoms with E-state index >= 15 is 0 Å². The van der Waals surface area contributed by atoms with E-state index in [9.17, 15) is 9.59 Å². The average molecular weight is 326 g/mol. The van der Waals surface area contributed by atoms with E-state index in [-0.39, 0.29) is 11.9 Å². The van der Waals surface area contributed by atoms with Crippen molar-refractivity contribution in [1.29, 1.82) is 0 Å². The molecule has 24 heavy (non-hydrogen) atoms. The maximum absolute atomic E-state index is 12.6. The zero-order valence-corrected chi connectivity index (χ0v) is 14.3. The highest BCUT2D eigenvalue weighted by Gasteiger charge is 2.54. The van der Waals surface area contributed by atoms with Gasteiger partial charge >= 0.3 is 12.0 Å². The molecular formula is C17H20N5O2+. The highest BCUT2D eigenvalue weighted by molar-refractivity contribution is 6.24. The fourth-order valence-electron chi connectivity index (χ4n) is 3.58. The first-order valence-electron chi connectivity index (χ1n) is 8.02. The number of benzene rings is 1. The Bertz CT molecular complexity index is 841. The molecule has 1 atom stereocenters. The van der Waals surface area contributed by atoms with Crippen molar-refractivity contribution in [1.82, 2.24) is 9.80 Å². The molecule has 7 nitrogen and oxygen atoms in total. The van der Waals surface area contributed by atoms with E-state index in [2.05, 4.69) is 41.9 Å². The number of rotatable bonds is 1. The smallest absolute Gasteiger partial charge is 0.270 e. The number of carbonyl (C=O) groups excluding carboxylic acids is 2. The molecular weight excluding hydrogens is 306 g/mol. The maximum Gasteiger partial charge on any atom is 0.397 e. The van der Waals surface area contributed by atoms with Crippen molar-refractivity contribution in [2.24, 2.45) is 4.99 Å². The topological polar surface area (TPSA) is 59.2 Å². The van der Waals surface area contributed by atoms with Crippen molar-refractivity contribution in [2.45, 2.75) is 19.9 Å². The fraction of sp³-hybridized carbons (Fsp3) is 0.412. The third kappa shape index (κ3) is 1.84. The number of anilines is 1. The number of nitrogens with zero attached hydrogens (tertiary/aromatic N) is 5. The average Bonchev–Trinajstić information content (AvgIpc) is 3.12. The Labute approximate surface area is 140 Å². The number of amidine groups is 1. The highest BCUT2D eigenvalue weighted by Crippen LogP contribution is 2.28. The van der Waals surface area contributed by atoms with Crippen molar-refractivity contribution in [2.75, 3.05) is 32.1 Å². The number of guanidine groups is 1. The van der Waals surface area contributed by atoms with Crippen LogP contribution >= 0.6 is 0 Å². The maximum atomic E-state index is 12.6. The van der Waals surface area contributed by atoms with Gasteiger partial charge in [-0.25, -0.2) is 14.3 Å². The number of hydrogen-bond acceptors (Lipinski definition) is 4. The molecule has 1 unspecified atom stereocenters. The second-order valence-corrected chi connectivity index (χ2v) is 6.55. The van der Waals surface area contributed by atoms with Crippen LogP contribution in [0, 0.1) is 13.8 Å². The molecule has 1 aromatic rings. The number of imide groups is 1. The van der Waals surface area contributed by atoms with Gasteiger partial charge in [-0.1, -0.05) is 17.1 Å². The summed E-state index contributed by atoms with van der Waals surface area (Å²) < 4.78 is 2.00. The summed E-state index contributed by atoms with van der Waals surface area (Å²) >= 11 is 0. The fourth-order valence-corrected chi connectivity index (χ4v) is 3.58. The van der Waals surface area contributed by atoms with Gasteiger partial charge in [0.05, 0.1) is 6.54 Å². The van der Waals surface area contributed by atoms with Crippen molar-refractivity contribution < 1.29 is 14.2 Å². The van der Waals surface area contributed by atoms with E-state index < -0.39 is 6.04 Å². The lowest BCUT2D eigenvalue weighted by atomic mass is 10.1. The summed E-state index contributed by atoms with van der Waals surface area (Å²) in [6, 6.07) is 5.48. The van der Waals surface area contributed by atoms with Crippen LogP contribution in [0.25, 0.3) is 0 Å². The number of likely N-dealkylation sites (N-methyl/N-ethyl adjacent to an activating group) is 2. The third-order valence-electron chi connectivity index (χ3n) is 4.97. The molecule has 1 saturated heterocycles. The first-order valence-corrected chi connectivity index (χ1v) is 8.02. The SMILES string of the molecule is Cc1ccc(C)c(N2CC[N+]3=C2N=C2C3C(=O)N(C)C(=O)N2C)c1. The summed E-state index contributed by atoms with van der Waals surface area (Å²) in [6.07, 6.45) is 0. The van der Waals surface area contributed by atoms with Crippen LogP contribution in [0.15, 0.2) is 23.2 Å². The number of aryl methyl sites for hydroxylation is 2. The van der Waals surface area contributed by atoms with Crippen LogP contribution in [0.2, 0.25) is 0 Å². The van der Waals surface area contributed by atoms with Gasteiger partial charge in [-0.3, -0.25) is 14.6 Å². The van der Waals surface area contributed by atoms with Crippen molar-refractivity contribution >= 4 is 29.4 Å². The summed E-state index contributed by atoms with van der Waals surface area (Å²) in [5.41, 5.74) is 3.45. The molecule has 0 spiro atoms. The molecule has 3 heterocycles. The van der Waals surface area contributed by atoms with Gasteiger partial charge in [0.2, 0.25) is 11.9 Å². The predicted octanol–water partition coefficient (Wildman–Crippen LogP) is 0.796. The van der Waals surface area contributed by atoms with Gasteiger partial charge in [0.25, 0.3) is 5.91 Å². The van der Waals surface area contributed by atoms with E-state index in [1.807, 2.05) is 4.58 Å². The number of amides is 3. The van der Waals surface area contributed by atoms with Crippen LogP contribution in [0.4, 0.5) is 10.5 Å². The minimum Gasteiger partial charge on any atom is -0.270 e. The highest BCUT2D eigenvalue weighted by atomic mass is 16.2. The van der Waals surface area contributed by atoms with Crippen molar-refractivity contribution in [3.05, 3.63) is 29.3 Å². The summed E-state index contributed by atoms with van der Waals surface area (Å²) in [5.74, 6) is 1.06. The zero-order chi connectivity index (χ0) is 17.2. The molecule has 4 rings (SSSR count). The number of fused-ring (bicyclic) bond motifs is 2. The Kier molecular flexibility index (Phi) is 3.03. The Balaban J connectivity index is 1.80.